The Labute approximate surface area is 182 Å². The molecule has 0 aliphatic rings. The SMILES string of the molecule is COc1cccc2nc(-c3ccc(OCCO[N+](=O)[O-])cc3)c(-c3ccccc3)c(=O)n12. The van der Waals surface area contributed by atoms with Gasteiger partial charge in [-0.05, 0) is 42.0 Å². The fourth-order valence-electron chi connectivity index (χ4n) is 3.37. The number of hydrogen-bond acceptors (Lipinski definition) is 7. The van der Waals surface area contributed by atoms with Gasteiger partial charge in [0.1, 0.15) is 24.6 Å². The average molecular weight is 433 g/mol. The van der Waals surface area contributed by atoms with Crippen molar-refractivity contribution in [1.82, 2.24) is 9.38 Å². The van der Waals surface area contributed by atoms with Crippen LogP contribution in [0.15, 0.2) is 77.6 Å². The summed E-state index contributed by atoms with van der Waals surface area (Å²) in [6.07, 6.45) is 0. The quantitative estimate of drug-likeness (QED) is 0.237. The number of ether oxygens (including phenoxy) is 2. The minimum absolute atomic E-state index is 0.0327. The summed E-state index contributed by atoms with van der Waals surface area (Å²) >= 11 is 0. The van der Waals surface area contributed by atoms with Gasteiger partial charge in [-0.1, -0.05) is 36.4 Å². The zero-order valence-corrected chi connectivity index (χ0v) is 17.1. The largest absolute Gasteiger partial charge is 0.492 e. The number of benzene rings is 2. The molecule has 0 radical (unpaired) electrons. The number of nitrogens with zero attached hydrogens (tertiary/aromatic N) is 3. The molecule has 9 heteroatoms. The second-order valence-electron chi connectivity index (χ2n) is 6.70. The third-order valence-corrected chi connectivity index (χ3v) is 4.76. The molecule has 0 spiro atoms. The molecule has 2 heterocycles. The first kappa shape index (κ1) is 20.9. The van der Waals surface area contributed by atoms with Crippen LogP contribution in [0.2, 0.25) is 0 Å². The van der Waals surface area contributed by atoms with Gasteiger partial charge in [-0.25, -0.2) is 9.38 Å². The average Bonchev–Trinajstić information content (AvgIpc) is 2.82. The summed E-state index contributed by atoms with van der Waals surface area (Å²) < 4.78 is 12.3. The predicted molar refractivity (Wildman–Crippen MR) is 117 cm³/mol. The van der Waals surface area contributed by atoms with Crippen molar-refractivity contribution in [3.63, 3.8) is 0 Å². The maximum atomic E-state index is 13.5. The van der Waals surface area contributed by atoms with Crippen LogP contribution in [0.1, 0.15) is 0 Å². The Bertz CT molecular complexity index is 1300. The van der Waals surface area contributed by atoms with Crippen LogP contribution in [-0.2, 0) is 4.84 Å². The number of methoxy groups -OCH3 is 1. The summed E-state index contributed by atoms with van der Waals surface area (Å²) in [4.78, 5) is 32.8. The van der Waals surface area contributed by atoms with Gasteiger partial charge in [-0.2, -0.15) is 0 Å². The zero-order valence-electron chi connectivity index (χ0n) is 17.1. The molecule has 0 saturated heterocycles. The molecule has 0 amide bonds. The molecule has 0 atom stereocenters. The Morgan fingerprint density at radius 2 is 1.69 bits per heavy atom. The normalized spacial score (nSPS) is 10.7. The van der Waals surface area contributed by atoms with E-state index in [2.05, 4.69) is 4.84 Å². The lowest BCUT2D eigenvalue weighted by atomic mass is 10.00. The van der Waals surface area contributed by atoms with E-state index >= 15 is 0 Å². The molecule has 0 bridgehead atoms. The van der Waals surface area contributed by atoms with E-state index in [1.807, 2.05) is 30.3 Å². The van der Waals surface area contributed by atoms with Crippen molar-refractivity contribution >= 4 is 5.65 Å². The number of pyridine rings is 1. The van der Waals surface area contributed by atoms with Crippen molar-refractivity contribution in [2.75, 3.05) is 20.3 Å². The second kappa shape index (κ2) is 9.17. The molecule has 0 unspecified atom stereocenters. The van der Waals surface area contributed by atoms with Crippen molar-refractivity contribution in [3.8, 4) is 34.0 Å². The van der Waals surface area contributed by atoms with Gasteiger partial charge < -0.3 is 14.3 Å². The predicted octanol–water partition coefficient (Wildman–Crippen LogP) is 3.62. The summed E-state index contributed by atoms with van der Waals surface area (Å²) in [6, 6.07) is 21.5. The Morgan fingerprint density at radius 3 is 2.38 bits per heavy atom. The summed E-state index contributed by atoms with van der Waals surface area (Å²) in [6.45, 7) is -0.136. The molecular weight excluding hydrogens is 414 g/mol. The lowest BCUT2D eigenvalue weighted by Gasteiger charge is -2.14. The van der Waals surface area contributed by atoms with Crippen molar-refractivity contribution in [3.05, 3.63) is 93.3 Å². The maximum Gasteiger partial charge on any atom is 0.294 e. The maximum absolute atomic E-state index is 13.5. The summed E-state index contributed by atoms with van der Waals surface area (Å²) in [5, 5.41) is 9.34. The highest BCUT2D eigenvalue weighted by atomic mass is 17.0. The third kappa shape index (κ3) is 4.22. The van der Waals surface area contributed by atoms with Gasteiger partial charge in [0.25, 0.3) is 10.6 Å². The minimum atomic E-state index is -0.865. The number of hydrogen-bond donors (Lipinski definition) is 0. The van der Waals surface area contributed by atoms with Crippen LogP contribution in [-0.4, -0.2) is 34.8 Å². The van der Waals surface area contributed by atoms with Gasteiger partial charge in [0.05, 0.1) is 18.4 Å². The highest BCUT2D eigenvalue weighted by Crippen LogP contribution is 2.30. The highest BCUT2D eigenvalue weighted by Gasteiger charge is 2.18. The first-order valence-electron chi connectivity index (χ1n) is 9.74. The fourth-order valence-corrected chi connectivity index (χ4v) is 3.37. The van der Waals surface area contributed by atoms with Gasteiger partial charge in [0.2, 0.25) is 5.88 Å². The van der Waals surface area contributed by atoms with Gasteiger partial charge in [-0.15, -0.1) is 10.1 Å². The summed E-state index contributed by atoms with van der Waals surface area (Å²) in [5.41, 5.74) is 2.64. The molecule has 2 aromatic heterocycles. The molecule has 4 aromatic rings. The van der Waals surface area contributed by atoms with Crippen LogP contribution >= 0.6 is 0 Å². The van der Waals surface area contributed by atoms with E-state index in [0.717, 1.165) is 11.1 Å². The molecule has 0 N–H and O–H groups in total. The molecule has 162 valence electrons. The lowest BCUT2D eigenvalue weighted by Crippen LogP contribution is -2.20. The van der Waals surface area contributed by atoms with Crippen molar-refractivity contribution in [2.24, 2.45) is 0 Å². The van der Waals surface area contributed by atoms with Crippen LogP contribution in [0.5, 0.6) is 11.6 Å². The highest BCUT2D eigenvalue weighted by molar-refractivity contribution is 5.81. The topological polar surface area (TPSA) is 105 Å². The first-order valence-corrected chi connectivity index (χ1v) is 9.74. The minimum Gasteiger partial charge on any atom is -0.492 e. The zero-order chi connectivity index (χ0) is 22.5. The van der Waals surface area contributed by atoms with Crippen molar-refractivity contribution < 1.29 is 19.4 Å². The molecule has 0 saturated carbocycles. The van der Waals surface area contributed by atoms with Crippen LogP contribution < -0.4 is 15.0 Å². The van der Waals surface area contributed by atoms with Gasteiger partial charge >= 0.3 is 0 Å². The second-order valence-corrected chi connectivity index (χ2v) is 6.70. The standard InChI is InChI=1S/C23H19N3O6/c1-30-20-9-5-8-19-24-22(21(23(27)25(19)20)16-6-3-2-4-7-16)17-10-12-18(13-11-17)31-14-15-32-26(28)29/h2-13H,14-15H2,1H3. The van der Waals surface area contributed by atoms with E-state index in [0.29, 0.717) is 28.5 Å². The number of fused-ring (bicyclic) bond motifs is 1. The van der Waals surface area contributed by atoms with Crippen molar-refractivity contribution in [1.29, 1.82) is 0 Å². The molecule has 0 aliphatic heterocycles. The van der Waals surface area contributed by atoms with Crippen LogP contribution in [0.4, 0.5) is 0 Å². The summed E-state index contributed by atoms with van der Waals surface area (Å²) in [5.74, 6) is 0.908. The molecule has 32 heavy (non-hydrogen) atoms. The fraction of sp³-hybridized carbons (Fsp3) is 0.130. The van der Waals surface area contributed by atoms with Crippen LogP contribution in [0.3, 0.4) is 0 Å². The Hall–Kier alpha value is -4.40. The Balaban J connectivity index is 1.78. The monoisotopic (exact) mass is 433 g/mol. The summed E-state index contributed by atoms with van der Waals surface area (Å²) in [7, 11) is 1.51. The van der Waals surface area contributed by atoms with E-state index in [-0.39, 0.29) is 18.8 Å². The molecule has 9 nitrogen and oxygen atoms in total. The van der Waals surface area contributed by atoms with E-state index < -0.39 is 5.09 Å². The number of rotatable bonds is 8. The van der Waals surface area contributed by atoms with Crippen molar-refractivity contribution in [2.45, 2.75) is 0 Å². The van der Waals surface area contributed by atoms with Gasteiger partial charge in [0, 0.05) is 5.56 Å². The first-order chi connectivity index (χ1) is 15.6. The Morgan fingerprint density at radius 1 is 0.938 bits per heavy atom. The third-order valence-electron chi connectivity index (χ3n) is 4.76. The smallest absolute Gasteiger partial charge is 0.294 e. The van der Waals surface area contributed by atoms with Crippen LogP contribution in [0, 0.1) is 10.1 Å². The molecule has 2 aromatic carbocycles. The Kier molecular flexibility index (Phi) is 5.98. The molecule has 0 fully saturated rings. The number of aromatic nitrogens is 2. The molecule has 0 aliphatic carbocycles. The van der Waals surface area contributed by atoms with E-state index in [9.17, 15) is 14.9 Å². The van der Waals surface area contributed by atoms with Gasteiger partial charge in [-0.3, -0.25) is 4.79 Å². The van der Waals surface area contributed by atoms with E-state index in [4.69, 9.17) is 14.5 Å². The van der Waals surface area contributed by atoms with E-state index in [1.54, 1.807) is 42.5 Å². The lowest BCUT2D eigenvalue weighted by molar-refractivity contribution is -0.757. The van der Waals surface area contributed by atoms with E-state index in [1.165, 1.54) is 11.5 Å². The molecule has 4 rings (SSSR count). The molecular formula is C23H19N3O6. The van der Waals surface area contributed by atoms with Crippen LogP contribution in [0.25, 0.3) is 28.0 Å². The van der Waals surface area contributed by atoms with Gasteiger partial charge in [0.15, 0.2) is 0 Å².